The fraction of sp³-hybridized carbons (Fsp3) is 0.846. The Bertz CT molecular complexity index is 309. The van der Waals surface area contributed by atoms with Crippen LogP contribution < -0.4 is 0 Å². The monoisotopic (exact) mass is 257 g/mol. The summed E-state index contributed by atoms with van der Waals surface area (Å²) >= 11 is 0. The number of likely N-dealkylation sites (tertiary alicyclic amines) is 1. The number of nitrogens with zero attached hydrogens (tertiary/aromatic N) is 1. The molecule has 0 spiro atoms. The summed E-state index contributed by atoms with van der Waals surface area (Å²) in [4.78, 5) is 25.3. The number of amides is 1. The van der Waals surface area contributed by atoms with Crippen molar-refractivity contribution in [2.45, 2.75) is 58.6 Å². The topological polar surface area (TPSA) is 55.8 Å². The number of carbonyl (C=O) groups is 2. The van der Waals surface area contributed by atoms with E-state index in [4.69, 9.17) is 9.47 Å². The Labute approximate surface area is 108 Å². The van der Waals surface area contributed by atoms with E-state index in [9.17, 15) is 9.59 Å². The van der Waals surface area contributed by atoms with Crippen molar-refractivity contribution in [1.82, 2.24) is 4.90 Å². The van der Waals surface area contributed by atoms with Gasteiger partial charge < -0.3 is 9.47 Å². The molecule has 1 saturated heterocycles. The molecule has 5 nitrogen and oxygen atoms in total. The number of hydrogen-bond donors (Lipinski definition) is 0. The van der Waals surface area contributed by atoms with E-state index in [-0.39, 0.29) is 5.97 Å². The van der Waals surface area contributed by atoms with Gasteiger partial charge in [0.1, 0.15) is 11.6 Å². The summed E-state index contributed by atoms with van der Waals surface area (Å²) in [6, 6.07) is -0.492. The molecule has 5 heteroatoms. The third kappa shape index (κ3) is 4.20. The van der Waals surface area contributed by atoms with Gasteiger partial charge in [0.25, 0.3) is 0 Å². The van der Waals surface area contributed by atoms with Gasteiger partial charge in [-0.2, -0.15) is 0 Å². The highest BCUT2D eigenvalue weighted by Crippen LogP contribution is 2.21. The Balaban J connectivity index is 2.70. The summed E-state index contributed by atoms with van der Waals surface area (Å²) in [7, 11) is 0. The molecule has 0 aromatic carbocycles. The lowest BCUT2D eigenvalue weighted by Crippen LogP contribution is -2.50. The molecule has 104 valence electrons. The van der Waals surface area contributed by atoms with Crippen LogP contribution in [-0.2, 0) is 14.3 Å². The second-order valence-corrected chi connectivity index (χ2v) is 5.44. The zero-order chi connectivity index (χ0) is 13.8. The van der Waals surface area contributed by atoms with Gasteiger partial charge in [0.2, 0.25) is 0 Å². The van der Waals surface area contributed by atoms with Crippen molar-refractivity contribution < 1.29 is 19.1 Å². The van der Waals surface area contributed by atoms with Crippen LogP contribution in [0.4, 0.5) is 4.79 Å². The lowest BCUT2D eigenvalue weighted by atomic mass is 10.0. The van der Waals surface area contributed by atoms with Gasteiger partial charge in [-0.25, -0.2) is 9.59 Å². The molecule has 0 radical (unpaired) electrons. The van der Waals surface area contributed by atoms with Crippen LogP contribution in [0.2, 0.25) is 0 Å². The van der Waals surface area contributed by atoms with Crippen LogP contribution in [0.1, 0.15) is 47.0 Å². The van der Waals surface area contributed by atoms with Gasteiger partial charge in [0, 0.05) is 6.54 Å². The van der Waals surface area contributed by atoms with Crippen LogP contribution in [0.5, 0.6) is 0 Å². The highest BCUT2D eigenvalue weighted by Gasteiger charge is 2.35. The molecule has 0 bridgehead atoms. The van der Waals surface area contributed by atoms with Crippen LogP contribution in [0.3, 0.4) is 0 Å². The summed E-state index contributed by atoms with van der Waals surface area (Å²) in [5.74, 6) is -0.331. The number of ether oxygens (including phenoxy) is 2. The van der Waals surface area contributed by atoms with Crippen molar-refractivity contribution in [3.8, 4) is 0 Å². The lowest BCUT2D eigenvalue weighted by Gasteiger charge is -2.35. The Hall–Kier alpha value is -1.26. The van der Waals surface area contributed by atoms with E-state index in [0.717, 1.165) is 12.8 Å². The average Bonchev–Trinajstić information content (AvgIpc) is 2.27. The van der Waals surface area contributed by atoms with Crippen LogP contribution >= 0.6 is 0 Å². The first-order valence-electron chi connectivity index (χ1n) is 6.51. The molecule has 1 fully saturated rings. The molecule has 0 N–H and O–H groups in total. The fourth-order valence-electron chi connectivity index (χ4n) is 1.95. The third-order valence-electron chi connectivity index (χ3n) is 2.69. The maximum atomic E-state index is 12.0. The summed E-state index contributed by atoms with van der Waals surface area (Å²) < 4.78 is 10.3. The normalized spacial score (nSPS) is 20.4. The number of carbonyl (C=O) groups excluding carboxylic acids is 2. The van der Waals surface area contributed by atoms with Crippen LogP contribution in [0, 0.1) is 0 Å². The smallest absolute Gasteiger partial charge is 0.411 e. The lowest BCUT2D eigenvalue weighted by molar-refractivity contribution is -0.150. The van der Waals surface area contributed by atoms with Crippen molar-refractivity contribution in [3.05, 3.63) is 0 Å². The van der Waals surface area contributed by atoms with Crippen molar-refractivity contribution in [1.29, 1.82) is 0 Å². The number of hydrogen-bond acceptors (Lipinski definition) is 4. The summed E-state index contributed by atoms with van der Waals surface area (Å²) in [5.41, 5.74) is -0.548. The third-order valence-corrected chi connectivity index (χ3v) is 2.69. The van der Waals surface area contributed by atoms with Gasteiger partial charge in [-0.1, -0.05) is 0 Å². The highest BCUT2D eigenvalue weighted by molar-refractivity contribution is 5.81. The SMILES string of the molecule is CCOC(=O)[C@H]1CCCCN1C(=O)OC(C)(C)C. The van der Waals surface area contributed by atoms with Gasteiger partial charge in [-0.3, -0.25) is 4.90 Å². The first kappa shape index (κ1) is 14.8. The quantitative estimate of drug-likeness (QED) is 0.712. The van der Waals surface area contributed by atoms with Crippen molar-refractivity contribution in [2.24, 2.45) is 0 Å². The van der Waals surface area contributed by atoms with E-state index in [2.05, 4.69) is 0 Å². The minimum atomic E-state index is -0.548. The van der Waals surface area contributed by atoms with Gasteiger partial charge in [-0.05, 0) is 47.0 Å². The van der Waals surface area contributed by atoms with Gasteiger partial charge >= 0.3 is 12.1 Å². The molecule has 1 rings (SSSR count). The molecule has 1 heterocycles. The largest absolute Gasteiger partial charge is 0.464 e. The van der Waals surface area contributed by atoms with Gasteiger partial charge in [0.05, 0.1) is 6.61 Å². The first-order chi connectivity index (χ1) is 8.35. The first-order valence-corrected chi connectivity index (χ1v) is 6.51. The molecule has 0 aromatic rings. The van der Waals surface area contributed by atoms with E-state index in [1.165, 1.54) is 4.90 Å². The summed E-state index contributed by atoms with van der Waals surface area (Å²) in [5, 5.41) is 0. The average molecular weight is 257 g/mol. The standard InChI is InChI=1S/C13H23NO4/c1-5-17-11(15)10-8-6-7-9-14(10)12(16)18-13(2,3)4/h10H,5-9H2,1-4H3/t10-/m1/s1. The second-order valence-electron chi connectivity index (χ2n) is 5.44. The Morgan fingerprint density at radius 1 is 1.28 bits per heavy atom. The van der Waals surface area contributed by atoms with Gasteiger partial charge in [-0.15, -0.1) is 0 Å². The number of rotatable bonds is 2. The highest BCUT2D eigenvalue weighted by atomic mass is 16.6. The summed E-state index contributed by atoms with van der Waals surface area (Å²) in [6.07, 6.45) is 2.05. The number of piperidine rings is 1. The van der Waals surface area contributed by atoms with E-state index in [1.54, 1.807) is 6.92 Å². The maximum Gasteiger partial charge on any atom is 0.411 e. The van der Waals surface area contributed by atoms with Crippen molar-refractivity contribution >= 4 is 12.1 Å². The minimum Gasteiger partial charge on any atom is -0.464 e. The van der Waals surface area contributed by atoms with E-state index in [1.807, 2.05) is 20.8 Å². The molecule has 0 aliphatic carbocycles. The van der Waals surface area contributed by atoms with Crippen molar-refractivity contribution in [3.63, 3.8) is 0 Å². The Morgan fingerprint density at radius 2 is 1.94 bits per heavy atom. The van der Waals surface area contributed by atoms with E-state index >= 15 is 0 Å². The van der Waals surface area contributed by atoms with E-state index < -0.39 is 17.7 Å². The van der Waals surface area contributed by atoms with Crippen LogP contribution in [0.15, 0.2) is 0 Å². The molecule has 0 aromatic heterocycles. The molecule has 0 saturated carbocycles. The molecule has 1 aliphatic rings. The second kappa shape index (κ2) is 6.07. The van der Waals surface area contributed by atoms with E-state index in [0.29, 0.717) is 19.6 Å². The van der Waals surface area contributed by atoms with Gasteiger partial charge in [0.15, 0.2) is 0 Å². The number of esters is 1. The Morgan fingerprint density at radius 3 is 2.50 bits per heavy atom. The molecule has 1 atom stereocenters. The Kier molecular flexibility index (Phi) is 4.99. The predicted octanol–water partition coefficient (Wildman–Crippen LogP) is 2.34. The van der Waals surface area contributed by atoms with Crippen LogP contribution in [0.25, 0.3) is 0 Å². The molecule has 18 heavy (non-hydrogen) atoms. The van der Waals surface area contributed by atoms with Crippen molar-refractivity contribution in [2.75, 3.05) is 13.2 Å². The molecular formula is C13H23NO4. The molecule has 0 unspecified atom stereocenters. The summed E-state index contributed by atoms with van der Waals surface area (Å²) in [6.45, 7) is 8.09. The zero-order valence-electron chi connectivity index (χ0n) is 11.7. The maximum absolute atomic E-state index is 12.0. The molecule has 1 aliphatic heterocycles. The zero-order valence-corrected chi connectivity index (χ0v) is 11.7. The predicted molar refractivity (Wildman–Crippen MR) is 67.2 cm³/mol. The van der Waals surface area contributed by atoms with Crippen LogP contribution in [-0.4, -0.2) is 41.8 Å². The molecule has 1 amide bonds. The minimum absolute atomic E-state index is 0.331. The molecular weight excluding hydrogens is 234 g/mol. The fourth-order valence-corrected chi connectivity index (χ4v) is 1.95.